The second kappa shape index (κ2) is 7.25. The predicted molar refractivity (Wildman–Crippen MR) is 101 cm³/mol. The zero-order valence-electron chi connectivity index (χ0n) is 15.3. The van der Waals surface area contributed by atoms with Crippen LogP contribution in [-0.4, -0.2) is 37.4 Å². The van der Waals surface area contributed by atoms with E-state index in [1.165, 1.54) is 26.0 Å². The smallest absolute Gasteiger partial charge is 0.338 e. The molecule has 1 aromatic carbocycles. The topological polar surface area (TPSA) is 110 Å². The first kappa shape index (κ1) is 18.7. The van der Waals surface area contributed by atoms with Crippen LogP contribution >= 0.6 is 11.8 Å². The molecule has 1 aromatic rings. The van der Waals surface area contributed by atoms with Gasteiger partial charge in [0.25, 0.3) is 0 Å². The van der Waals surface area contributed by atoms with E-state index in [9.17, 15) is 10.1 Å². The van der Waals surface area contributed by atoms with Crippen molar-refractivity contribution in [2.75, 3.05) is 21.3 Å². The number of benzene rings is 1. The summed E-state index contributed by atoms with van der Waals surface area (Å²) in [5.74, 6) is 0.798. The minimum Gasteiger partial charge on any atom is -0.493 e. The molecule has 140 valence electrons. The molecule has 2 aliphatic heterocycles. The number of hydrogen-bond donors (Lipinski definition) is 1. The molecule has 0 unspecified atom stereocenters. The van der Waals surface area contributed by atoms with Crippen molar-refractivity contribution in [1.29, 1.82) is 5.26 Å². The maximum absolute atomic E-state index is 12.5. The molecule has 9 heteroatoms. The molecule has 2 N–H and O–H groups in total. The maximum Gasteiger partial charge on any atom is 0.338 e. The molecule has 2 heterocycles. The number of nitriles is 1. The van der Waals surface area contributed by atoms with E-state index in [0.29, 0.717) is 32.8 Å². The lowest BCUT2D eigenvalue weighted by Crippen LogP contribution is -2.38. The van der Waals surface area contributed by atoms with E-state index in [-0.39, 0.29) is 5.82 Å². The lowest BCUT2D eigenvalue weighted by Gasteiger charge is -2.34. The second-order valence-electron chi connectivity index (χ2n) is 5.70. The van der Waals surface area contributed by atoms with E-state index >= 15 is 0 Å². The quantitative estimate of drug-likeness (QED) is 0.785. The van der Waals surface area contributed by atoms with E-state index in [0.717, 1.165) is 5.56 Å². The third kappa shape index (κ3) is 2.98. The number of esters is 1. The number of carbonyl (C=O) groups is 1. The summed E-state index contributed by atoms with van der Waals surface area (Å²) < 4.78 is 15.7. The third-order valence-corrected chi connectivity index (χ3v) is 5.28. The number of nitrogens with zero attached hydrogens (tertiary/aromatic N) is 3. The molecule has 0 saturated heterocycles. The highest BCUT2D eigenvalue weighted by molar-refractivity contribution is 8.17. The fourth-order valence-electron chi connectivity index (χ4n) is 3.05. The van der Waals surface area contributed by atoms with Crippen molar-refractivity contribution in [1.82, 2.24) is 4.90 Å². The summed E-state index contributed by atoms with van der Waals surface area (Å²) in [6.07, 6.45) is 0. The normalized spacial score (nSPS) is 18.7. The van der Waals surface area contributed by atoms with Crippen LogP contribution in [0.15, 0.2) is 45.2 Å². The minimum absolute atomic E-state index is 0.245. The molecule has 1 atom stereocenters. The Labute approximate surface area is 160 Å². The van der Waals surface area contributed by atoms with E-state index in [1.807, 2.05) is 6.07 Å². The summed E-state index contributed by atoms with van der Waals surface area (Å²) in [5, 5.41) is 9.88. The standard InChI is InChI=1S/C18H18N4O4S/c1-9-14(17(23)26-4)15(10-5-6-11(24-2)12(7-10)25-3)22-16(20)13(8-19)27-18(22)21-9/h5-7,15H,20H2,1-4H3/t15-/m1/s1. The highest BCUT2D eigenvalue weighted by Crippen LogP contribution is 2.46. The second-order valence-corrected chi connectivity index (χ2v) is 6.68. The van der Waals surface area contributed by atoms with Crippen molar-refractivity contribution in [3.8, 4) is 17.6 Å². The number of thioether (sulfide) groups is 1. The van der Waals surface area contributed by atoms with Crippen molar-refractivity contribution in [2.45, 2.75) is 13.0 Å². The molecule has 0 aliphatic carbocycles. The van der Waals surface area contributed by atoms with Crippen LogP contribution in [0.5, 0.6) is 11.5 Å². The predicted octanol–water partition coefficient (Wildman–Crippen LogP) is 2.26. The monoisotopic (exact) mass is 386 g/mol. The summed E-state index contributed by atoms with van der Waals surface area (Å²) in [7, 11) is 4.39. The number of fused-ring (bicyclic) bond motifs is 1. The number of amidine groups is 1. The summed E-state index contributed by atoms with van der Waals surface area (Å²) in [6.45, 7) is 1.73. The fraction of sp³-hybridized carbons (Fsp3) is 0.278. The molecular weight excluding hydrogens is 368 g/mol. The molecular formula is C18H18N4O4S. The molecule has 3 rings (SSSR count). The first-order valence-corrected chi connectivity index (χ1v) is 8.75. The Morgan fingerprint density at radius 1 is 1.30 bits per heavy atom. The number of aliphatic imine (C=N–C) groups is 1. The molecule has 0 saturated carbocycles. The number of hydrogen-bond acceptors (Lipinski definition) is 9. The average molecular weight is 386 g/mol. The van der Waals surface area contributed by atoms with Crippen LogP contribution < -0.4 is 15.2 Å². The minimum atomic E-state index is -0.608. The Bertz CT molecular complexity index is 945. The van der Waals surface area contributed by atoms with Crippen molar-refractivity contribution in [3.05, 3.63) is 45.8 Å². The lowest BCUT2D eigenvalue weighted by atomic mass is 9.94. The van der Waals surface area contributed by atoms with Gasteiger partial charge in [-0.2, -0.15) is 5.26 Å². The van der Waals surface area contributed by atoms with E-state index < -0.39 is 12.0 Å². The van der Waals surface area contributed by atoms with Crippen molar-refractivity contribution in [2.24, 2.45) is 10.7 Å². The summed E-state index contributed by atoms with van der Waals surface area (Å²) >= 11 is 1.17. The maximum atomic E-state index is 12.5. The van der Waals surface area contributed by atoms with Gasteiger partial charge in [0.1, 0.15) is 16.8 Å². The van der Waals surface area contributed by atoms with Crippen molar-refractivity contribution in [3.63, 3.8) is 0 Å². The van der Waals surface area contributed by atoms with Crippen LogP contribution in [0.3, 0.4) is 0 Å². The fourth-order valence-corrected chi connectivity index (χ4v) is 3.97. The van der Waals surface area contributed by atoms with Gasteiger partial charge in [0.05, 0.1) is 38.6 Å². The Morgan fingerprint density at radius 2 is 2.00 bits per heavy atom. The molecule has 27 heavy (non-hydrogen) atoms. The lowest BCUT2D eigenvalue weighted by molar-refractivity contribution is -0.136. The first-order valence-electron chi connectivity index (χ1n) is 7.93. The number of methoxy groups -OCH3 is 3. The van der Waals surface area contributed by atoms with Crippen molar-refractivity contribution < 1.29 is 19.0 Å². The molecule has 0 bridgehead atoms. The highest BCUT2D eigenvalue weighted by atomic mass is 32.2. The Balaban J connectivity index is 2.22. The van der Waals surface area contributed by atoms with Gasteiger partial charge >= 0.3 is 5.97 Å². The zero-order valence-corrected chi connectivity index (χ0v) is 16.1. The van der Waals surface area contributed by atoms with E-state index in [1.54, 1.807) is 31.1 Å². The Hall–Kier alpha value is -3.12. The molecule has 0 radical (unpaired) electrons. The molecule has 2 aliphatic rings. The number of nitrogens with two attached hydrogens (primary N) is 1. The number of allylic oxidation sites excluding steroid dienone is 2. The molecule has 0 aromatic heterocycles. The van der Waals surface area contributed by atoms with Gasteiger partial charge in [0, 0.05) is 0 Å². The largest absolute Gasteiger partial charge is 0.493 e. The van der Waals surface area contributed by atoms with Crippen molar-refractivity contribution >= 4 is 22.9 Å². The van der Waals surface area contributed by atoms with Gasteiger partial charge in [0.15, 0.2) is 16.7 Å². The van der Waals surface area contributed by atoms with Crippen LogP contribution in [0.25, 0.3) is 0 Å². The van der Waals surface area contributed by atoms with Crippen LogP contribution in [-0.2, 0) is 9.53 Å². The van der Waals surface area contributed by atoms with Gasteiger partial charge in [-0.1, -0.05) is 6.07 Å². The summed E-state index contributed by atoms with van der Waals surface area (Å²) in [4.78, 5) is 19.0. The third-order valence-electron chi connectivity index (χ3n) is 4.31. The van der Waals surface area contributed by atoms with Gasteiger partial charge in [0.2, 0.25) is 0 Å². The zero-order chi connectivity index (χ0) is 19.7. The molecule has 0 spiro atoms. The summed E-state index contributed by atoms with van der Waals surface area (Å²) in [6, 6.07) is 6.79. The number of carbonyl (C=O) groups excluding carboxylic acids is 1. The molecule has 8 nitrogen and oxygen atoms in total. The first-order chi connectivity index (χ1) is 13.0. The molecule has 0 fully saturated rings. The van der Waals surface area contributed by atoms with Gasteiger partial charge in [-0.15, -0.1) is 0 Å². The SMILES string of the molecule is COC(=O)C1=C(C)N=C2SC(C#N)=C(N)N2[C@@H]1c1ccc(OC)c(OC)c1. The van der Waals surface area contributed by atoms with Crippen LogP contribution in [0.1, 0.15) is 18.5 Å². The number of ether oxygens (including phenoxy) is 3. The Morgan fingerprint density at radius 3 is 2.59 bits per heavy atom. The van der Waals surface area contributed by atoms with Gasteiger partial charge in [-0.3, -0.25) is 4.90 Å². The van der Waals surface area contributed by atoms with Gasteiger partial charge < -0.3 is 19.9 Å². The van der Waals surface area contributed by atoms with Crippen LogP contribution in [0.4, 0.5) is 0 Å². The summed E-state index contributed by atoms with van der Waals surface area (Å²) in [5.41, 5.74) is 7.77. The highest BCUT2D eigenvalue weighted by Gasteiger charge is 2.42. The van der Waals surface area contributed by atoms with E-state index in [2.05, 4.69) is 11.1 Å². The van der Waals surface area contributed by atoms with Gasteiger partial charge in [-0.25, -0.2) is 9.79 Å². The average Bonchev–Trinajstić information content (AvgIpc) is 3.00. The Kier molecular flexibility index (Phi) is 5.01. The van der Waals surface area contributed by atoms with Gasteiger partial charge in [-0.05, 0) is 36.4 Å². The molecule has 0 amide bonds. The van der Waals surface area contributed by atoms with Crippen LogP contribution in [0, 0.1) is 11.3 Å². The van der Waals surface area contributed by atoms with E-state index in [4.69, 9.17) is 19.9 Å². The number of rotatable bonds is 4. The van der Waals surface area contributed by atoms with Crippen LogP contribution in [0.2, 0.25) is 0 Å².